The van der Waals surface area contributed by atoms with Gasteiger partial charge in [-0.3, -0.25) is 4.90 Å². The molecule has 0 saturated carbocycles. The predicted octanol–water partition coefficient (Wildman–Crippen LogP) is 3.43. The molecule has 0 spiro atoms. The summed E-state index contributed by atoms with van der Waals surface area (Å²) in [6.07, 6.45) is 3.84. The van der Waals surface area contributed by atoms with E-state index in [1.807, 2.05) is 6.07 Å². The fraction of sp³-hybridized carbons (Fsp3) is 0.429. The molecule has 2 rings (SSSR count). The van der Waals surface area contributed by atoms with Crippen LogP contribution in [0.1, 0.15) is 24.8 Å². The molecule has 1 aliphatic rings. The van der Waals surface area contributed by atoms with Gasteiger partial charge in [0.1, 0.15) is 5.82 Å². The number of nitrogens with zero attached hydrogens (tertiary/aromatic N) is 1. The molecule has 3 heteroatoms. The molecule has 0 bridgehead atoms. The Bertz CT molecular complexity index is 441. The van der Waals surface area contributed by atoms with E-state index in [1.165, 1.54) is 25.3 Å². The quantitative estimate of drug-likeness (QED) is 0.718. The summed E-state index contributed by atoms with van der Waals surface area (Å²) in [5.74, 6) is 5.69. The third-order valence-electron chi connectivity index (χ3n) is 2.91. The highest BCUT2D eigenvalue weighted by molar-refractivity contribution is 9.10. The van der Waals surface area contributed by atoms with Gasteiger partial charge in [-0.05, 0) is 44.1 Å². The number of piperidine rings is 1. The lowest BCUT2D eigenvalue weighted by Gasteiger charge is -2.23. The minimum absolute atomic E-state index is 0.259. The van der Waals surface area contributed by atoms with Crippen LogP contribution < -0.4 is 0 Å². The van der Waals surface area contributed by atoms with E-state index in [9.17, 15) is 4.39 Å². The average molecular weight is 296 g/mol. The van der Waals surface area contributed by atoms with Gasteiger partial charge in [0.25, 0.3) is 0 Å². The van der Waals surface area contributed by atoms with Crippen molar-refractivity contribution in [3.8, 4) is 11.8 Å². The Morgan fingerprint density at radius 2 is 2.00 bits per heavy atom. The highest BCUT2D eigenvalue weighted by atomic mass is 79.9. The van der Waals surface area contributed by atoms with Crippen LogP contribution in [0.5, 0.6) is 0 Å². The van der Waals surface area contributed by atoms with Crippen LogP contribution in [0.25, 0.3) is 0 Å². The molecular weight excluding hydrogens is 281 g/mol. The van der Waals surface area contributed by atoms with Crippen LogP contribution in [0, 0.1) is 17.7 Å². The van der Waals surface area contributed by atoms with Gasteiger partial charge in [0, 0.05) is 4.47 Å². The fourth-order valence-electron chi connectivity index (χ4n) is 1.95. The Morgan fingerprint density at radius 1 is 1.24 bits per heavy atom. The van der Waals surface area contributed by atoms with Crippen molar-refractivity contribution in [3.05, 3.63) is 34.1 Å². The van der Waals surface area contributed by atoms with Crippen molar-refractivity contribution in [2.45, 2.75) is 19.3 Å². The van der Waals surface area contributed by atoms with Gasteiger partial charge in [-0.25, -0.2) is 4.39 Å². The first-order valence-corrected chi connectivity index (χ1v) is 6.71. The first-order valence-electron chi connectivity index (χ1n) is 5.92. The second-order valence-electron chi connectivity index (χ2n) is 4.26. The monoisotopic (exact) mass is 295 g/mol. The number of hydrogen-bond donors (Lipinski definition) is 0. The molecule has 1 aromatic carbocycles. The maximum atomic E-state index is 13.5. The molecule has 0 atom stereocenters. The van der Waals surface area contributed by atoms with Gasteiger partial charge >= 0.3 is 0 Å². The molecule has 1 fully saturated rings. The van der Waals surface area contributed by atoms with E-state index in [-0.39, 0.29) is 5.82 Å². The normalized spacial score (nSPS) is 16.4. The van der Waals surface area contributed by atoms with E-state index in [4.69, 9.17) is 0 Å². The van der Waals surface area contributed by atoms with Gasteiger partial charge < -0.3 is 0 Å². The number of rotatable bonds is 1. The molecule has 0 aromatic heterocycles. The SMILES string of the molecule is Fc1cc(Br)ccc1C#CCN1CCCCC1. The highest BCUT2D eigenvalue weighted by Gasteiger charge is 2.07. The molecule has 1 aliphatic heterocycles. The molecule has 1 heterocycles. The van der Waals surface area contributed by atoms with E-state index in [0.29, 0.717) is 5.56 Å². The summed E-state index contributed by atoms with van der Waals surface area (Å²) in [5, 5.41) is 0. The van der Waals surface area contributed by atoms with E-state index in [1.54, 1.807) is 6.07 Å². The molecule has 0 N–H and O–H groups in total. The smallest absolute Gasteiger partial charge is 0.139 e. The summed E-state index contributed by atoms with van der Waals surface area (Å²) in [6.45, 7) is 2.99. The summed E-state index contributed by atoms with van der Waals surface area (Å²) in [4.78, 5) is 2.33. The van der Waals surface area contributed by atoms with Crippen molar-refractivity contribution < 1.29 is 4.39 Å². The number of likely N-dealkylation sites (tertiary alicyclic amines) is 1. The molecule has 1 saturated heterocycles. The van der Waals surface area contributed by atoms with Crippen LogP contribution in [0.15, 0.2) is 22.7 Å². The zero-order chi connectivity index (χ0) is 12.1. The van der Waals surface area contributed by atoms with Gasteiger partial charge in [0.15, 0.2) is 0 Å². The standard InChI is InChI=1S/C14H15BrFN/c15-13-7-6-12(14(16)11-13)5-4-10-17-8-2-1-3-9-17/h6-7,11H,1-3,8-10H2. The lowest BCUT2D eigenvalue weighted by Crippen LogP contribution is -2.29. The summed E-state index contributed by atoms with van der Waals surface area (Å²) < 4.78 is 14.2. The lowest BCUT2D eigenvalue weighted by molar-refractivity contribution is 0.255. The van der Waals surface area contributed by atoms with Crippen LogP contribution >= 0.6 is 15.9 Å². The highest BCUT2D eigenvalue weighted by Crippen LogP contribution is 2.14. The molecule has 0 amide bonds. The third-order valence-corrected chi connectivity index (χ3v) is 3.40. The molecule has 0 unspecified atom stereocenters. The van der Waals surface area contributed by atoms with Gasteiger partial charge in [-0.1, -0.05) is 34.2 Å². The minimum atomic E-state index is -0.259. The Kier molecular flexibility index (Phi) is 4.58. The van der Waals surface area contributed by atoms with Crippen molar-refractivity contribution in [3.63, 3.8) is 0 Å². The minimum Gasteiger partial charge on any atom is -0.292 e. The third kappa shape index (κ3) is 3.83. The first-order chi connectivity index (χ1) is 8.25. The van der Waals surface area contributed by atoms with E-state index >= 15 is 0 Å². The fourth-order valence-corrected chi connectivity index (χ4v) is 2.29. The first kappa shape index (κ1) is 12.6. The molecular formula is C14H15BrFN. The van der Waals surface area contributed by atoms with E-state index < -0.39 is 0 Å². The lowest BCUT2D eigenvalue weighted by atomic mass is 10.1. The van der Waals surface area contributed by atoms with Crippen molar-refractivity contribution in [2.24, 2.45) is 0 Å². The van der Waals surface area contributed by atoms with E-state index in [0.717, 1.165) is 24.1 Å². The van der Waals surface area contributed by atoms with Crippen LogP contribution in [-0.4, -0.2) is 24.5 Å². The van der Waals surface area contributed by atoms with Crippen molar-refractivity contribution >= 4 is 15.9 Å². The van der Waals surface area contributed by atoms with Gasteiger partial charge in [0.2, 0.25) is 0 Å². The average Bonchev–Trinajstić information content (AvgIpc) is 2.33. The van der Waals surface area contributed by atoms with Crippen LogP contribution in [0.3, 0.4) is 0 Å². The summed E-state index contributed by atoms with van der Waals surface area (Å²) in [7, 11) is 0. The zero-order valence-corrected chi connectivity index (χ0v) is 11.3. The second-order valence-corrected chi connectivity index (χ2v) is 5.18. The number of halogens is 2. The van der Waals surface area contributed by atoms with Gasteiger partial charge in [-0.2, -0.15) is 0 Å². The topological polar surface area (TPSA) is 3.24 Å². The van der Waals surface area contributed by atoms with Gasteiger partial charge in [-0.15, -0.1) is 0 Å². The number of benzene rings is 1. The van der Waals surface area contributed by atoms with Crippen LogP contribution in [0.2, 0.25) is 0 Å². The Hall–Kier alpha value is -0.850. The Morgan fingerprint density at radius 3 is 2.71 bits per heavy atom. The zero-order valence-electron chi connectivity index (χ0n) is 9.68. The molecule has 0 aliphatic carbocycles. The van der Waals surface area contributed by atoms with Gasteiger partial charge in [0.05, 0.1) is 12.1 Å². The summed E-state index contributed by atoms with van der Waals surface area (Å²) >= 11 is 3.23. The number of hydrogen-bond acceptors (Lipinski definition) is 1. The second kappa shape index (κ2) is 6.18. The maximum absolute atomic E-state index is 13.5. The van der Waals surface area contributed by atoms with Crippen molar-refractivity contribution in [2.75, 3.05) is 19.6 Å². The maximum Gasteiger partial charge on any atom is 0.139 e. The Labute approximate surface area is 110 Å². The van der Waals surface area contributed by atoms with E-state index in [2.05, 4.69) is 32.7 Å². The van der Waals surface area contributed by atoms with Crippen molar-refractivity contribution in [1.29, 1.82) is 0 Å². The van der Waals surface area contributed by atoms with Crippen LogP contribution in [0.4, 0.5) is 4.39 Å². The molecule has 1 aromatic rings. The van der Waals surface area contributed by atoms with Crippen molar-refractivity contribution in [1.82, 2.24) is 4.90 Å². The largest absolute Gasteiger partial charge is 0.292 e. The Balaban J connectivity index is 1.95. The summed E-state index contributed by atoms with van der Waals surface area (Å²) in [6, 6.07) is 4.97. The molecule has 1 nitrogen and oxygen atoms in total. The summed E-state index contributed by atoms with van der Waals surface area (Å²) in [5.41, 5.74) is 0.477. The molecule has 90 valence electrons. The van der Waals surface area contributed by atoms with Crippen LogP contribution in [-0.2, 0) is 0 Å². The molecule has 0 radical (unpaired) electrons. The molecule has 17 heavy (non-hydrogen) atoms. The predicted molar refractivity (Wildman–Crippen MR) is 71.3 cm³/mol.